The Morgan fingerprint density at radius 1 is 1.24 bits per heavy atom. The summed E-state index contributed by atoms with van der Waals surface area (Å²) < 4.78 is 12.1. The number of esters is 1. The molecule has 6 nitrogen and oxygen atoms in total. The number of halogens is 1. The smallest absolute Gasteiger partial charge is 0.419 e. The van der Waals surface area contributed by atoms with Gasteiger partial charge in [0.15, 0.2) is 0 Å². The quantitative estimate of drug-likeness (QED) is 0.654. The highest BCUT2D eigenvalue weighted by molar-refractivity contribution is 6.32. The van der Waals surface area contributed by atoms with Crippen LogP contribution in [0.5, 0.6) is 0 Å². The summed E-state index contributed by atoms with van der Waals surface area (Å²) in [6.07, 6.45) is 4.18. The van der Waals surface area contributed by atoms with Crippen LogP contribution in [0, 0.1) is 0 Å². The van der Waals surface area contributed by atoms with Crippen molar-refractivity contribution >= 4 is 34.6 Å². The predicted molar refractivity (Wildman–Crippen MR) is 112 cm³/mol. The van der Waals surface area contributed by atoms with Gasteiger partial charge in [0.25, 0.3) is 0 Å². The maximum atomic E-state index is 12.8. The summed E-state index contributed by atoms with van der Waals surface area (Å²) in [5.74, 6) is -0.378. The van der Waals surface area contributed by atoms with Gasteiger partial charge in [-0.05, 0) is 57.5 Å². The summed E-state index contributed by atoms with van der Waals surface area (Å²) >= 11 is 6.64. The number of carbonyl (C=O) groups is 2. The van der Waals surface area contributed by atoms with Crippen molar-refractivity contribution in [1.29, 1.82) is 0 Å². The second kappa shape index (κ2) is 6.89. The number of rotatable bonds is 1. The maximum absolute atomic E-state index is 12.8. The lowest BCUT2D eigenvalue weighted by Crippen LogP contribution is -2.45. The van der Waals surface area contributed by atoms with Gasteiger partial charge in [0.2, 0.25) is 0 Å². The number of fused-ring (bicyclic) bond motifs is 2. The SMILES string of the molecule is COC(=O)C1=C[C@H]2c3c(Cl)ccc4c3c(cn4C(=O)OC(C)(C)C)C[C@H]2N(C)C1. The van der Waals surface area contributed by atoms with E-state index >= 15 is 0 Å². The van der Waals surface area contributed by atoms with Gasteiger partial charge in [-0.2, -0.15) is 0 Å². The summed E-state index contributed by atoms with van der Waals surface area (Å²) in [5.41, 5.74) is 2.82. The third kappa shape index (κ3) is 3.34. The van der Waals surface area contributed by atoms with Gasteiger partial charge in [0.1, 0.15) is 5.60 Å². The summed E-state index contributed by atoms with van der Waals surface area (Å²) in [4.78, 5) is 27.1. The molecule has 7 heteroatoms. The van der Waals surface area contributed by atoms with Gasteiger partial charge < -0.3 is 9.47 Å². The van der Waals surface area contributed by atoms with E-state index in [1.807, 2.05) is 52.2 Å². The summed E-state index contributed by atoms with van der Waals surface area (Å²) in [5, 5.41) is 1.60. The van der Waals surface area contributed by atoms with Gasteiger partial charge in [-0.3, -0.25) is 9.47 Å². The molecule has 1 aromatic carbocycles. The van der Waals surface area contributed by atoms with E-state index in [2.05, 4.69) is 4.90 Å². The number of methoxy groups -OCH3 is 1. The molecule has 1 aromatic heterocycles. The minimum Gasteiger partial charge on any atom is -0.466 e. The molecule has 29 heavy (non-hydrogen) atoms. The molecular formula is C22H25ClN2O4. The van der Waals surface area contributed by atoms with Gasteiger partial charge in [-0.25, -0.2) is 9.59 Å². The van der Waals surface area contributed by atoms with Crippen LogP contribution in [0.2, 0.25) is 5.02 Å². The van der Waals surface area contributed by atoms with E-state index in [1.165, 1.54) is 7.11 Å². The van der Waals surface area contributed by atoms with Crippen molar-refractivity contribution < 1.29 is 19.1 Å². The molecule has 2 heterocycles. The Hall–Kier alpha value is -2.31. The lowest BCUT2D eigenvalue weighted by Gasteiger charge is -2.41. The van der Waals surface area contributed by atoms with Gasteiger partial charge in [0.05, 0.1) is 12.6 Å². The maximum Gasteiger partial charge on any atom is 0.419 e. The summed E-state index contributed by atoms with van der Waals surface area (Å²) in [6.45, 7) is 6.06. The molecule has 2 aliphatic rings. The molecule has 0 amide bonds. The lowest BCUT2D eigenvalue weighted by molar-refractivity contribution is -0.136. The zero-order chi connectivity index (χ0) is 21.1. The zero-order valence-corrected chi connectivity index (χ0v) is 18.0. The predicted octanol–water partition coefficient (Wildman–Crippen LogP) is 4.13. The summed E-state index contributed by atoms with van der Waals surface area (Å²) in [6, 6.07) is 3.81. The molecule has 0 fully saturated rings. The molecule has 0 radical (unpaired) electrons. The average molecular weight is 417 g/mol. The van der Waals surface area contributed by atoms with Gasteiger partial charge in [0, 0.05) is 40.7 Å². The van der Waals surface area contributed by atoms with Crippen LogP contribution in [-0.4, -0.2) is 53.9 Å². The Kier molecular flexibility index (Phi) is 4.74. The van der Waals surface area contributed by atoms with E-state index in [9.17, 15) is 9.59 Å². The Balaban J connectivity index is 1.89. The topological polar surface area (TPSA) is 60.8 Å². The Morgan fingerprint density at radius 3 is 2.62 bits per heavy atom. The number of aromatic nitrogens is 1. The molecule has 0 spiro atoms. The first-order chi connectivity index (χ1) is 13.6. The number of likely N-dealkylation sites (N-methyl/N-ethyl adjacent to an activating group) is 1. The minimum absolute atomic E-state index is 0.0546. The third-order valence-corrected chi connectivity index (χ3v) is 5.95. The molecule has 0 saturated heterocycles. The van der Waals surface area contributed by atoms with Crippen molar-refractivity contribution in [2.75, 3.05) is 20.7 Å². The Bertz CT molecular complexity index is 1050. The van der Waals surface area contributed by atoms with Crippen molar-refractivity contribution in [2.45, 2.75) is 44.8 Å². The fourth-order valence-corrected chi connectivity index (χ4v) is 4.73. The summed E-state index contributed by atoms with van der Waals surface area (Å²) in [7, 11) is 3.39. The third-order valence-electron chi connectivity index (χ3n) is 5.62. The van der Waals surface area contributed by atoms with E-state index in [-0.39, 0.29) is 17.9 Å². The largest absolute Gasteiger partial charge is 0.466 e. The van der Waals surface area contributed by atoms with Gasteiger partial charge in [-0.15, -0.1) is 0 Å². The van der Waals surface area contributed by atoms with Crippen molar-refractivity contribution in [3.63, 3.8) is 0 Å². The van der Waals surface area contributed by atoms with Crippen LogP contribution in [0.3, 0.4) is 0 Å². The molecule has 4 rings (SSSR count). The first-order valence-electron chi connectivity index (χ1n) is 9.65. The number of nitrogens with zero attached hydrogens (tertiary/aromatic N) is 2. The molecule has 0 unspecified atom stereocenters. The molecule has 2 aromatic rings. The van der Waals surface area contributed by atoms with Crippen LogP contribution < -0.4 is 0 Å². The first-order valence-corrected chi connectivity index (χ1v) is 10.0. The van der Waals surface area contributed by atoms with Crippen molar-refractivity contribution in [2.24, 2.45) is 0 Å². The zero-order valence-electron chi connectivity index (χ0n) is 17.3. The van der Waals surface area contributed by atoms with E-state index in [0.29, 0.717) is 17.1 Å². The van der Waals surface area contributed by atoms with Crippen molar-refractivity contribution in [3.8, 4) is 0 Å². The molecule has 0 N–H and O–H groups in total. The highest BCUT2D eigenvalue weighted by atomic mass is 35.5. The molecule has 154 valence electrons. The standard InChI is InChI=1S/C22H25ClN2O4/c1-22(2,3)29-21(27)25-11-12-9-17-14(8-13(10-24(17)4)20(26)28-5)19-15(23)6-7-16(25)18(12)19/h6-8,11,14,17H,9-10H2,1-5H3/t14-,17-/m1/s1. The average Bonchev–Trinajstić information content (AvgIpc) is 3.01. The fraction of sp³-hybridized carbons (Fsp3) is 0.455. The monoisotopic (exact) mass is 416 g/mol. The molecule has 0 bridgehead atoms. The number of benzene rings is 1. The molecule has 1 aliphatic carbocycles. The van der Waals surface area contributed by atoms with E-state index in [1.54, 1.807) is 4.57 Å². The van der Waals surface area contributed by atoms with Crippen LogP contribution >= 0.6 is 11.6 Å². The Morgan fingerprint density at radius 2 is 1.97 bits per heavy atom. The van der Waals surface area contributed by atoms with E-state index in [4.69, 9.17) is 21.1 Å². The fourth-order valence-electron chi connectivity index (χ4n) is 4.44. The molecular weight excluding hydrogens is 392 g/mol. The first kappa shape index (κ1) is 20.0. The number of hydrogen-bond donors (Lipinski definition) is 0. The van der Waals surface area contributed by atoms with Crippen molar-refractivity contribution in [1.82, 2.24) is 9.47 Å². The number of hydrogen-bond acceptors (Lipinski definition) is 5. The second-order valence-electron chi connectivity index (χ2n) is 8.76. The van der Waals surface area contributed by atoms with Crippen LogP contribution in [0.15, 0.2) is 30.0 Å². The normalized spacial score (nSPS) is 21.5. The van der Waals surface area contributed by atoms with E-state index in [0.717, 1.165) is 28.5 Å². The molecule has 2 atom stereocenters. The van der Waals surface area contributed by atoms with Crippen molar-refractivity contribution in [3.05, 3.63) is 46.1 Å². The lowest BCUT2D eigenvalue weighted by atomic mass is 9.76. The Labute approximate surface area is 175 Å². The molecule has 1 aliphatic heterocycles. The number of carbonyl (C=O) groups excluding carboxylic acids is 2. The van der Waals surface area contributed by atoms with Crippen LogP contribution in [0.25, 0.3) is 10.9 Å². The van der Waals surface area contributed by atoms with Crippen LogP contribution in [0.4, 0.5) is 4.79 Å². The minimum atomic E-state index is -0.588. The highest BCUT2D eigenvalue weighted by Crippen LogP contribution is 2.45. The number of ether oxygens (including phenoxy) is 2. The van der Waals surface area contributed by atoms with Gasteiger partial charge in [-0.1, -0.05) is 17.7 Å². The van der Waals surface area contributed by atoms with Gasteiger partial charge >= 0.3 is 12.1 Å². The second-order valence-corrected chi connectivity index (χ2v) is 9.16. The highest BCUT2D eigenvalue weighted by Gasteiger charge is 2.39. The van der Waals surface area contributed by atoms with E-state index < -0.39 is 11.7 Å². The van der Waals surface area contributed by atoms with Crippen LogP contribution in [0.1, 0.15) is 37.8 Å². The molecule has 0 saturated carbocycles. The van der Waals surface area contributed by atoms with Crippen LogP contribution in [-0.2, 0) is 20.7 Å².